The van der Waals surface area contributed by atoms with E-state index in [9.17, 15) is 9.59 Å². The summed E-state index contributed by atoms with van der Waals surface area (Å²) in [5.41, 5.74) is 0.373. The Morgan fingerprint density at radius 3 is 2.57 bits per heavy atom. The van der Waals surface area contributed by atoms with Gasteiger partial charge in [0.2, 0.25) is 0 Å². The highest BCUT2D eigenvalue weighted by Gasteiger charge is 2.58. The van der Waals surface area contributed by atoms with Crippen LogP contribution >= 0.6 is 0 Å². The van der Waals surface area contributed by atoms with E-state index in [0.29, 0.717) is 12.5 Å². The monoisotopic (exact) mass is 317 g/mol. The number of hydrogen-bond donors (Lipinski definition) is 0. The van der Waals surface area contributed by atoms with E-state index in [4.69, 9.17) is 9.47 Å². The summed E-state index contributed by atoms with van der Waals surface area (Å²) in [6, 6.07) is 9.05. The van der Waals surface area contributed by atoms with Crippen LogP contribution < -0.4 is 0 Å². The predicted octanol–water partition coefficient (Wildman–Crippen LogP) is 2.99. The van der Waals surface area contributed by atoms with E-state index in [1.165, 1.54) is 4.90 Å². The lowest BCUT2D eigenvalue weighted by molar-refractivity contribution is -0.151. The number of ether oxygens (including phenoxy) is 2. The average Bonchev–Trinajstić information content (AvgIpc) is 3.14. The zero-order valence-corrected chi connectivity index (χ0v) is 13.8. The molecule has 1 saturated heterocycles. The first-order valence-corrected chi connectivity index (χ1v) is 8.05. The van der Waals surface area contributed by atoms with Crippen molar-refractivity contribution < 1.29 is 19.1 Å². The van der Waals surface area contributed by atoms with Crippen molar-refractivity contribution in [1.29, 1.82) is 0 Å². The molecule has 1 aliphatic heterocycles. The lowest BCUT2D eigenvalue weighted by atomic mass is 10.2. The summed E-state index contributed by atoms with van der Waals surface area (Å²) in [5, 5.41) is 0. The van der Waals surface area contributed by atoms with Gasteiger partial charge in [0.25, 0.3) is 0 Å². The Balaban J connectivity index is 1.62. The van der Waals surface area contributed by atoms with Gasteiger partial charge in [-0.2, -0.15) is 0 Å². The van der Waals surface area contributed by atoms with E-state index in [0.717, 1.165) is 12.0 Å². The number of hydrogen-bond acceptors (Lipinski definition) is 4. The van der Waals surface area contributed by atoms with Crippen molar-refractivity contribution in [3.63, 3.8) is 0 Å². The molecule has 1 aliphatic carbocycles. The molecule has 3 rings (SSSR count). The minimum Gasteiger partial charge on any atom is -0.459 e. The Hall–Kier alpha value is -2.04. The number of nitrogens with zero attached hydrogens (tertiary/aromatic N) is 1. The second-order valence-electron chi connectivity index (χ2n) is 7.33. The molecule has 0 spiro atoms. The van der Waals surface area contributed by atoms with Crippen molar-refractivity contribution in [3.05, 3.63) is 35.9 Å². The lowest BCUT2D eigenvalue weighted by Crippen LogP contribution is -2.46. The molecule has 2 fully saturated rings. The minimum absolute atomic E-state index is 0.228. The highest BCUT2D eigenvalue weighted by atomic mass is 16.6. The van der Waals surface area contributed by atoms with Crippen LogP contribution in [0.25, 0.3) is 0 Å². The third kappa shape index (κ3) is 3.66. The number of carbonyl (C=O) groups is 2. The number of piperidine rings is 1. The number of benzene rings is 1. The van der Waals surface area contributed by atoms with E-state index in [2.05, 4.69) is 0 Å². The Kier molecular flexibility index (Phi) is 4.04. The highest BCUT2D eigenvalue weighted by Crippen LogP contribution is 2.50. The fourth-order valence-electron chi connectivity index (χ4n) is 3.09. The molecular weight excluding hydrogens is 294 g/mol. The van der Waals surface area contributed by atoms with E-state index >= 15 is 0 Å². The molecule has 5 heteroatoms. The fraction of sp³-hybridized carbons (Fsp3) is 0.556. The highest BCUT2D eigenvalue weighted by molar-refractivity contribution is 5.83. The van der Waals surface area contributed by atoms with Crippen LogP contribution in [-0.2, 0) is 20.9 Å². The maximum atomic E-state index is 12.5. The summed E-state index contributed by atoms with van der Waals surface area (Å²) in [6.45, 7) is 6.29. The molecule has 124 valence electrons. The largest absolute Gasteiger partial charge is 0.459 e. The summed E-state index contributed by atoms with van der Waals surface area (Å²) >= 11 is 0. The number of amides is 1. The normalized spacial score (nSPS) is 25.7. The van der Waals surface area contributed by atoms with Crippen molar-refractivity contribution in [2.45, 2.75) is 45.4 Å². The second-order valence-corrected chi connectivity index (χ2v) is 7.33. The van der Waals surface area contributed by atoms with E-state index in [1.54, 1.807) is 0 Å². The maximum Gasteiger partial charge on any atom is 0.411 e. The van der Waals surface area contributed by atoms with Gasteiger partial charge >= 0.3 is 12.1 Å². The van der Waals surface area contributed by atoms with Gasteiger partial charge in [-0.1, -0.05) is 30.3 Å². The van der Waals surface area contributed by atoms with E-state index in [1.807, 2.05) is 51.1 Å². The van der Waals surface area contributed by atoms with Crippen molar-refractivity contribution >= 4 is 12.1 Å². The molecule has 1 heterocycles. The summed E-state index contributed by atoms with van der Waals surface area (Å²) in [4.78, 5) is 26.3. The minimum atomic E-state index is -0.567. The SMILES string of the molecule is CC(C)(C)OC(=O)N1CC2CC2C1C(=O)OCc1ccccc1. The van der Waals surface area contributed by atoms with Crippen molar-refractivity contribution in [3.8, 4) is 0 Å². The topological polar surface area (TPSA) is 55.8 Å². The molecule has 23 heavy (non-hydrogen) atoms. The molecule has 1 saturated carbocycles. The van der Waals surface area contributed by atoms with E-state index < -0.39 is 17.7 Å². The Morgan fingerprint density at radius 2 is 1.91 bits per heavy atom. The van der Waals surface area contributed by atoms with Gasteiger partial charge in [-0.15, -0.1) is 0 Å². The molecule has 3 unspecified atom stereocenters. The van der Waals surface area contributed by atoms with Gasteiger partial charge in [0.05, 0.1) is 0 Å². The molecule has 1 aromatic carbocycles. The molecule has 1 amide bonds. The number of rotatable bonds is 3. The first-order valence-electron chi connectivity index (χ1n) is 8.05. The predicted molar refractivity (Wildman–Crippen MR) is 84.6 cm³/mol. The van der Waals surface area contributed by atoms with Crippen LogP contribution in [0.2, 0.25) is 0 Å². The van der Waals surface area contributed by atoms with Crippen molar-refractivity contribution in [2.24, 2.45) is 11.8 Å². The number of fused-ring (bicyclic) bond motifs is 1. The smallest absolute Gasteiger partial charge is 0.411 e. The Morgan fingerprint density at radius 1 is 1.22 bits per heavy atom. The van der Waals surface area contributed by atoms with Crippen molar-refractivity contribution in [2.75, 3.05) is 6.54 Å². The van der Waals surface area contributed by atoms with Crippen LogP contribution in [-0.4, -0.2) is 35.2 Å². The summed E-state index contributed by atoms with van der Waals surface area (Å²) < 4.78 is 10.8. The van der Waals surface area contributed by atoms with Gasteiger partial charge in [0, 0.05) is 6.54 Å². The van der Waals surface area contributed by atoms with Crippen LogP contribution in [0.4, 0.5) is 4.79 Å². The molecule has 0 radical (unpaired) electrons. The quantitative estimate of drug-likeness (QED) is 0.804. The van der Waals surface area contributed by atoms with Gasteiger partial charge < -0.3 is 9.47 Å². The third-order valence-electron chi connectivity index (χ3n) is 4.24. The van der Waals surface area contributed by atoms with E-state index in [-0.39, 0.29) is 18.5 Å². The van der Waals surface area contributed by atoms with Crippen LogP contribution in [0.1, 0.15) is 32.8 Å². The van der Waals surface area contributed by atoms with Crippen LogP contribution in [0.15, 0.2) is 30.3 Å². The third-order valence-corrected chi connectivity index (χ3v) is 4.24. The first-order chi connectivity index (χ1) is 10.8. The molecule has 2 aliphatic rings. The van der Waals surface area contributed by atoms with Gasteiger partial charge in [0.15, 0.2) is 0 Å². The van der Waals surface area contributed by atoms with Crippen LogP contribution in [0.5, 0.6) is 0 Å². The first kappa shape index (κ1) is 15.8. The molecular formula is C18H23NO4. The fourth-order valence-corrected chi connectivity index (χ4v) is 3.09. The Labute approximate surface area is 136 Å². The maximum absolute atomic E-state index is 12.5. The molecule has 5 nitrogen and oxygen atoms in total. The summed E-state index contributed by atoms with van der Waals surface area (Å²) in [5.74, 6) is 0.312. The number of carbonyl (C=O) groups excluding carboxylic acids is 2. The molecule has 0 aromatic heterocycles. The van der Waals surface area contributed by atoms with Gasteiger partial charge in [-0.3, -0.25) is 4.90 Å². The lowest BCUT2D eigenvalue weighted by Gasteiger charge is -2.29. The Bertz CT molecular complexity index is 593. The molecule has 3 atom stereocenters. The van der Waals surface area contributed by atoms with Crippen LogP contribution in [0.3, 0.4) is 0 Å². The molecule has 0 N–H and O–H groups in total. The molecule has 1 aromatic rings. The van der Waals surface area contributed by atoms with Gasteiger partial charge in [-0.05, 0) is 44.6 Å². The summed E-state index contributed by atoms with van der Waals surface area (Å²) in [6.07, 6.45) is 0.566. The van der Waals surface area contributed by atoms with Gasteiger partial charge in [-0.25, -0.2) is 9.59 Å². The number of esters is 1. The number of likely N-dealkylation sites (tertiary alicyclic amines) is 1. The van der Waals surface area contributed by atoms with Gasteiger partial charge in [0.1, 0.15) is 18.2 Å². The zero-order valence-electron chi connectivity index (χ0n) is 13.8. The average molecular weight is 317 g/mol. The summed E-state index contributed by atoms with van der Waals surface area (Å²) in [7, 11) is 0. The standard InChI is InChI=1S/C18H23NO4/c1-18(2,3)23-17(21)19-10-13-9-14(13)15(19)16(20)22-11-12-7-5-4-6-8-12/h4-8,13-15H,9-11H2,1-3H3. The van der Waals surface area contributed by atoms with Crippen LogP contribution in [0, 0.1) is 11.8 Å². The second kappa shape index (κ2) is 5.87. The van der Waals surface area contributed by atoms with Crippen molar-refractivity contribution in [1.82, 2.24) is 4.90 Å². The molecule has 0 bridgehead atoms. The zero-order chi connectivity index (χ0) is 16.6.